The zero-order chi connectivity index (χ0) is 16.9. The molecule has 1 fully saturated rings. The normalized spacial score (nSPS) is 15.3. The van der Waals surface area contributed by atoms with Crippen LogP contribution in [-0.2, 0) is 4.79 Å². The third-order valence-electron chi connectivity index (χ3n) is 3.96. The predicted molar refractivity (Wildman–Crippen MR) is 92.9 cm³/mol. The average molecular weight is 349 g/mol. The van der Waals surface area contributed by atoms with Crippen LogP contribution in [0.3, 0.4) is 0 Å². The number of rotatable bonds is 4. The molecular weight excluding hydrogens is 331 g/mol. The lowest BCUT2D eigenvalue weighted by molar-refractivity contribution is -0.117. The van der Waals surface area contributed by atoms with Crippen LogP contribution in [-0.4, -0.2) is 48.5 Å². The largest absolute Gasteiger partial charge is 0.369 e. The number of para-hydroxylation sites is 1. The van der Waals surface area contributed by atoms with Crippen LogP contribution in [0.25, 0.3) is 0 Å². The number of halogens is 2. The van der Waals surface area contributed by atoms with E-state index in [1.54, 1.807) is 24.4 Å². The summed E-state index contributed by atoms with van der Waals surface area (Å²) in [5.41, 5.74) is 1.25. The fourth-order valence-electron chi connectivity index (χ4n) is 2.71. The van der Waals surface area contributed by atoms with E-state index >= 15 is 0 Å². The molecule has 1 saturated heterocycles. The van der Waals surface area contributed by atoms with E-state index in [-0.39, 0.29) is 18.1 Å². The second-order valence-corrected chi connectivity index (χ2v) is 6.02. The molecular formula is C17H18ClFN4O. The topological polar surface area (TPSA) is 48.5 Å². The number of pyridine rings is 1. The second-order valence-electron chi connectivity index (χ2n) is 5.63. The summed E-state index contributed by atoms with van der Waals surface area (Å²) in [5.74, 6) is -0.634. The van der Waals surface area contributed by atoms with E-state index < -0.39 is 5.82 Å². The number of hydrogen-bond acceptors (Lipinski definition) is 4. The summed E-state index contributed by atoms with van der Waals surface area (Å²) < 4.78 is 13.5. The summed E-state index contributed by atoms with van der Waals surface area (Å²) in [7, 11) is 0. The Morgan fingerprint density at radius 3 is 2.67 bits per heavy atom. The summed E-state index contributed by atoms with van der Waals surface area (Å²) >= 11 is 5.92. The molecule has 0 atom stereocenters. The zero-order valence-electron chi connectivity index (χ0n) is 13.1. The lowest BCUT2D eigenvalue weighted by Gasteiger charge is -2.35. The first-order chi connectivity index (χ1) is 11.6. The standard InChI is InChI=1S/C17H18ClFN4O/c18-16-11-13(5-6-20-16)23-9-7-22(8-10-23)12-17(24)21-15-4-2-1-3-14(15)19/h1-6,11H,7-10,12H2,(H,21,24). The number of amides is 1. The van der Waals surface area contributed by atoms with Gasteiger partial charge in [0.05, 0.1) is 12.2 Å². The molecule has 7 heteroatoms. The number of nitrogens with zero attached hydrogens (tertiary/aromatic N) is 3. The zero-order valence-corrected chi connectivity index (χ0v) is 13.8. The third kappa shape index (κ3) is 4.21. The molecule has 1 aromatic heterocycles. The van der Waals surface area contributed by atoms with E-state index in [9.17, 15) is 9.18 Å². The number of carbonyl (C=O) groups is 1. The molecule has 1 N–H and O–H groups in total. The van der Waals surface area contributed by atoms with Gasteiger partial charge in [0.15, 0.2) is 0 Å². The first-order valence-corrected chi connectivity index (χ1v) is 8.13. The molecule has 1 aromatic carbocycles. The van der Waals surface area contributed by atoms with E-state index in [0.29, 0.717) is 5.15 Å². The van der Waals surface area contributed by atoms with Crippen LogP contribution < -0.4 is 10.2 Å². The quantitative estimate of drug-likeness (QED) is 0.863. The highest BCUT2D eigenvalue weighted by atomic mass is 35.5. The minimum absolute atomic E-state index is 0.208. The van der Waals surface area contributed by atoms with Gasteiger partial charge < -0.3 is 10.2 Å². The predicted octanol–water partition coefficient (Wildman–Crippen LogP) is 2.63. The third-order valence-corrected chi connectivity index (χ3v) is 4.17. The van der Waals surface area contributed by atoms with Gasteiger partial charge in [0.25, 0.3) is 0 Å². The highest BCUT2D eigenvalue weighted by molar-refractivity contribution is 6.29. The van der Waals surface area contributed by atoms with Gasteiger partial charge in [0.1, 0.15) is 11.0 Å². The Labute approximate surface area is 145 Å². The molecule has 0 spiro atoms. The van der Waals surface area contributed by atoms with Crippen molar-refractivity contribution in [2.45, 2.75) is 0 Å². The van der Waals surface area contributed by atoms with Crippen molar-refractivity contribution in [3.8, 4) is 0 Å². The van der Waals surface area contributed by atoms with E-state index in [4.69, 9.17) is 11.6 Å². The van der Waals surface area contributed by atoms with Crippen LogP contribution in [0.2, 0.25) is 5.15 Å². The number of nitrogens with one attached hydrogen (secondary N) is 1. The molecule has 0 aliphatic carbocycles. The smallest absolute Gasteiger partial charge is 0.238 e. The first kappa shape index (κ1) is 16.7. The number of piperazine rings is 1. The van der Waals surface area contributed by atoms with Crippen molar-refractivity contribution in [2.75, 3.05) is 42.9 Å². The van der Waals surface area contributed by atoms with Gasteiger partial charge in [0, 0.05) is 38.1 Å². The molecule has 0 unspecified atom stereocenters. The Kier molecular flexibility index (Phi) is 5.27. The summed E-state index contributed by atoms with van der Waals surface area (Å²) in [6, 6.07) is 9.92. The van der Waals surface area contributed by atoms with Crippen molar-refractivity contribution in [1.29, 1.82) is 0 Å². The van der Waals surface area contributed by atoms with Crippen LogP contribution in [0.4, 0.5) is 15.8 Å². The maximum Gasteiger partial charge on any atom is 0.238 e. The van der Waals surface area contributed by atoms with Crippen molar-refractivity contribution >= 4 is 28.9 Å². The molecule has 126 valence electrons. The summed E-state index contributed by atoms with van der Waals surface area (Å²) in [5, 5.41) is 3.08. The first-order valence-electron chi connectivity index (χ1n) is 7.75. The minimum Gasteiger partial charge on any atom is -0.369 e. The number of benzene rings is 1. The summed E-state index contributed by atoms with van der Waals surface area (Å²) in [6.07, 6.45) is 1.69. The maximum atomic E-state index is 13.5. The highest BCUT2D eigenvalue weighted by Gasteiger charge is 2.19. The van der Waals surface area contributed by atoms with Gasteiger partial charge in [-0.05, 0) is 24.3 Å². The van der Waals surface area contributed by atoms with E-state index in [2.05, 4.69) is 20.1 Å². The van der Waals surface area contributed by atoms with E-state index in [1.807, 2.05) is 12.1 Å². The number of carbonyl (C=O) groups excluding carboxylic acids is 1. The van der Waals surface area contributed by atoms with Crippen LogP contribution in [0.15, 0.2) is 42.6 Å². The average Bonchev–Trinajstić information content (AvgIpc) is 2.58. The molecule has 5 nitrogen and oxygen atoms in total. The Balaban J connectivity index is 1.50. The molecule has 1 amide bonds. The lowest BCUT2D eigenvalue weighted by atomic mass is 10.2. The van der Waals surface area contributed by atoms with Gasteiger partial charge in [-0.1, -0.05) is 23.7 Å². The fraction of sp³-hybridized carbons (Fsp3) is 0.294. The minimum atomic E-state index is -0.426. The lowest BCUT2D eigenvalue weighted by Crippen LogP contribution is -2.48. The maximum absolute atomic E-state index is 13.5. The van der Waals surface area contributed by atoms with Crippen molar-refractivity contribution in [3.63, 3.8) is 0 Å². The van der Waals surface area contributed by atoms with Gasteiger partial charge in [-0.25, -0.2) is 9.37 Å². The number of hydrogen-bond donors (Lipinski definition) is 1. The Bertz CT molecular complexity index is 719. The highest BCUT2D eigenvalue weighted by Crippen LogP contribution is 2.19. The van der Waals surface area contributed by atoms with E-state index in [1.165, 1.54) is 6.07 Å². The summed E-state index contributed by atoms with van der Waals surface area (Å²) in [4.78, 5) is 20.3. The van der Waals surface area contributed by atoms with Crippen molar-refractivity contribution in [1.82, 2.24) is 9.88 Å². The van der Waals surface area contributed by atoms with Crippen molar-refractivity contribution in [2.24, 2.45) is 0 Å². The van der Waals surface area contributed by atoms with Crippen LogP contribution in [0.5, 0.6) is 0 Å². The summed E-state index contributed by atoms with van der Waals surface area (Å²) in [6.45, 7) is 3.36. The van der Waals surface area contributed by atoms with Crippen LogP contribution in [0.1, 0.15) is 0 Å². The van der Waals surface area contributed by atoms with Crippen LogP contribution in [0, 0.1) is 5.82 Å². The fourth-order valence-corrected chi connectivity index (χ4v) is 2.88. The molecule has 0 radical (unpaired) electrons. The van der Waals surface area contributed by atoms with Gasteiger partial charge in [-0.15, -0.1) is 0 Å². The number of aromatic nitrogens is 1. The SMILES string of the molecule is O=C(CN1CCN(c2ccnc(Cl)c2)CC1)Nc1ccccc1F. The van der Waals surface area contributed by atoms with E-state index in [0.717, 1.165) is 31.9 Å². The van der Waals surface area contributed by atoms with Gasteiger partial charge in [-0.3, -0.25) is 9.69 Å². The van der Waals surface area contributed by atoms with Crippen LogP contribution >= 0.6 is 11.6 Å². The molecule has 24 heavy (non-hydrogen) atoms. The van der Waals surface area contributed by atoms with Crippen molar-refractivity contribution in [3.05, 3.63) is 53.6 Å². The molecule has 0 bridgehead atoms. The molecule has 2 aromatic rings. The molecule has 1 aliphatic heterocycles. The van der Waals surface area contributed by atoms with Crippen molar-refractivity contribution < 1.29 is 9.18 Å². The Hall–Kier alpha value is -2.18. The molecule has 1 aliphatic rings. The second kappa shape index (κ2) is 7.59. The molecule has 3 rings (SSSR count). The van der Waals surface area contributed by atoms with Gasteiger partial charge >= 0.3 is 0 Å². The number of anilines is 2. The Morgan fingerprint density at radius 1 is 1.21 bits per heavy atom. The van der Waals surface area contributed by atoms with Gasteiger partial charge in [-0.2, -0.15) is 0 Å². The molecule has 0 saturated carbocycles. The Morgan fingerprint density at radius 2 is 1.96 bits per heavy atom. The monoisotopic (exact) mass is 348 g/mol. The van der Waals surface area contributed by atoms with Gasteiger partial charge in [0.2, 0.25) is 5.91 Å². The molecule has 2 heterocycles.